The summed E-state index contributed by atoms with van der Waals surface area (Å²) in [5.74, 6) is -0.762. The van der Waals surface area contributed by atoms with Gasteiger partial charge in [-0.25, -0.2) is 4.39 Å². The number of thiophene rings is 1. The average Bonchev–Trinajstić information content (AvgIpc) is 2.91. The lowest BCUT2D eigenvalue weighted by molar-refractivity contribution is 0.102. The first-order chi connectivity index (χ1) is 11.5. The summed E-state index contributed by atoms with van der Waals surface area (Å²) in [5.41, 5.74) is 0.918. The molecule has 24 heavy (non-hydrogen) atoms. The Balaban J connectivity index is 2.05. The highest BCUT2D eigenvalue weighted by molar-refractivity contribution is 7.21. The molecule has 0 unspecified atom stereocenters. The summed E-state index contributed by atoms with van der Waals surface area (Å²) in [5, 5.41) is 3.95. The lowest BCUT2D eigenvalue weighted by Gasteiger charge is -2.08. The maximum atomic E-state index is 14.2. The summed E-state index contributed by atoms with van der Waals surface area (Å²) < 4.78 is 20.0. The number of hydrogen-bond acceptors (Lipinski definition) is 3. The van der Waals surface area contributed by atoms with Crippen molar-refractivity contribution in [2.45, 2.75) is 6.61 Å². The molecular formula is C17H12Cl2FNO2S. The summed E-state index contributed by atoms with van der Waals surface area (Å²) in [4.78, 5) is 13.1. The molecule has 0 saturated carbocycles. The third kappa shape index (κ3) is 3.26. The fourth-order valence-electron chi connectivity index (χ4n) is 2.41. The number of hydrogen-bond donors (Lipinski definition) is 1. The van der Waals surface area contributed by atoms with Gasteiger partial charge in [0.05, 0.1) is 22.2 Å². The van der Waals surface area contributed by atoms with Crippen LogP contribution in [0, 0.1) is 5.82 Å². The van der Waals surface area contributed by atoms with Crippen molar-refractivity contribution in [3.63, 3.8) is 0 Å². The lowest BCUT2D eigenvalue weighted by Crippen LogP contribution is -2.13. The molecule has 0 bridgehead atoms. The van der Waals surface area contributed by atoms with Gasteiger partial charge in [0, 0.05) is 27.8 Å². The highest BCUT2D eigenvalue weighted by Gasteiger charge is 2.21. The van der Waals surface area contributed by atoms with Gasteiger partial charge in [-0.1, -0.05) is 29.3 Å². The van der Waals surface area contributed by atoms with Gasteiger partial charge in [-0.05, 0) is 30.3 Å². The molecule has 7 heteroatoms. The van der Waals surface area contributed by atoms with Gasteiger partial charge in [-0.2, -0.15) is 0 Å². The van der Waals surface area contributed by atoms with Crippen LogP contribution in [0.2, 0.25) is 10.0 Å². The number of halogens is 3. The Labute approximate surface area is 152 Å². The van der Waals surface area contributed by atoms with Crippen LogP contribution in [0.3, 0.4) is 0 Å². The zero-order chi connectivity index (χ0) is 17.3. The van der Waals surface area contributed by atoms with Gasteiger partial charge in [0.15, 0.2) is 0 Å². The number of carbonyl (C=O) groups excluding carboxylic acids is 1. The van der Waals surface area contributed by atoms with Crippen molar-refractivity contribution < 1.29 is 13.9 Å². The molecule has 3 nitrogen and oxygen atoms in total. The number of nitrogens with one attached hydrogen (secondary N) is 1. The molecule has 0 aliphatic carbocycles. The number of anilines is 1. The van der Waals surface area contributed by atoms with Gasteiger partial charge >= 0.3 is 0 Å². The maximum absolute atomic E-state index is 14.2. The lowest BCUT2D eigenvalue weighted by atomic mass is 10.1. The third-order valence-electron chi connectivity index (χ3n) is 3.43. The molecule has 124 valence electrons. The van der Waals surface area contributed by atoms with Crippen LogP contribution >= 0.6 is 34.5 Å². The molecule has 2 aromatic carbocycles. The van der Waals surface area contributed by atoms with E-state index in [0.717, 1.165) is 0 Å². The number of benzene rings is 2. The smallest absolute Gasteiger partial charge is 0.266 e. The molecule has 1 heterocycles. The molecule has 0 saturated heterocycles. The maximum Gasteiger partial charge on any atom is 0.266 e. The predicted molar refractivity (Wildman–Crippen MR) is 96.9 cm³/mol. The minimum atomic E-state index is -0.383. The third-order valence-corrected chi connectivity index (χ3v) is 5.20. The van der Waals surface area contributed by atoms with E-state index in [4.69, 9.17) is 27.9 Å². The molecule has 0 radical (unpaired) electrons. The highest BCUT2D eigenvalue weighted by atomic mass is 35.5. The van der Waals surface area contributed by atoms with Gasteiger partial charge in [0.2, 0.25) is 0 Å². The number of ether oxygens (including phenoxy) is 1. The van der Waals surface area contributed by atoms with E-state index in [2.05, 4.69) is 5.32 Å². The Kier molecular flexibility index (Phi) is 5.06. The van der Waals surface area contributed by atoms with Crippen molar-refractivity contribution in [2.75, 3.05) is 12.4 Å². The first kappa shape index (κ1) is 17.2. The van der Waals surface area contributed by atoms with Crippen LogP contribution in [-0.4, -0.2) is 13.0 Å². The van der Waals surface area contributed by atoms with Crippen molar-refractivity contribution in [3.8, 4) is 0 Å². The van der Waals surface area contributed by atoms with Crippen molar-refractivity contribution in [2.24, 2.45) is 0 Å². The van der Waals surface area contributed by atoms with Crippen LogP contribution in [0.5, 0.6) is 0 Å². The summed E-state index contributed by atoms with van der Waals surface area (Å²) in [6, 6.07) is 9.53. The van der Waals surface area contributed by atoms with Gasteiger partial charge in [-0.15, -0.1) is 11.3 Å². The second-order valence-corrected chi connectivity index (χ2v) is 6.93. The largest absolute Gasteiger partial charge is 0.380 e. The molecule has 0 spiro atoms. The van der Waals surface area contributed by atoms with Gasteiger partial charge in [-0.3, -0.25) is 4.79 Å². The molecule has 0 aliphatic heterocycles. The van der Waals surface area contributed by atoms with Gasteiger partial charge < -0.3 is 10.1 Å². The molecule has 3 rings (SSSR count). The Bertz CT molecular complexity index is 926. The first-order valence-electron chi connectivity index (χ1n) is 6.96. The fraction of sp³-hybridized carbons (Fsp3) is 0.118. The topological polar surface area (TPSA) is 38.3 Å². The number of methoxy groups -OCH3 is 1. The van der Waals surface area contributed by atoms with E-state index in [1.807, 2.05) is 0 Å². The second-order valence-electron chi connectivity index (χ2n) is 5.03. The van der Waals surface area contributed by atoms with E-state index in [1.54, 1.807) is 30.3 Å². The second kappa shape index (κ2) is 7.07. The number of rotatable bonds is 4. The van der Waals surface area contributed by atoms with Gasteiger partial charge in [0.25, 0.3) is 5.91 Å². The Hall–Kier alpha value is -1.66. The van der Waals surface area contributed by atoms with E-state index in [-0.39, 0.29) is 18.3 Å². The summed E-state index contributed by atoms with van der Waals surface area (Å²) >= 11 is 13.2. The molecule has 1 N–H and O–H groups in total. The Morgan fingerprint density at radius 2 is 2.08 bits per heavy atom. The van der Waals surface area contributed by atoms with Crippen molar-refractivity contribution in [1.82, 2.24) is 0 Å². The van der Waals surface area contributed by atoms with Crippen LogP contribution < -0.4 is 5.32 Å². The standard InChI is InChI=1S/C17H12Cl2FNO2S/c1-23-8-10-15-12(20)3-2-4-14(15)24-16(10)17(22)21-13-7-9(18)5-6-11(13)19/h2-7H,8H2,1H3,(H,21,22). The fourth-order valence-corrected chi connectivity index (χ4v) is 3.86. The van der Waals surface area contributed by atoms with Crippen LogP contribution in [0.25, 0.3) is 10.1 Å². The van der Waals surface area contributed by atoms with E-state index in [9.17, 15) is 9.18 Å². The minimum Gasteiger partial charge on any atom is -0.380 e. The minimum absolute atomic E-state index is 0.132. The molecule has 0 fully saturated rings. The van der Waals surface area contributed by atoms with Crippen LogP contribution in [0.15, 0.2) is 36.4 Å². The van der Waals surface area contributed by atoms with E-state index in [1.165, 1.54) is 24.5 Å². The summed E-state index contributed by atoms with van der Waals surface area (Å²) in [6.07, 6.45) is 0. The first-order valence-corrected chi connectivity index (χ1v) is 8.53. The van der Waals surface area contributed by atoms with Crippen LogP contribution in [0.1, 0.15) is 15.2 Å². The summed E-state index contributed by atoms with van der Waals surface area (Å²) in [6.45, 7) is 0.132. The number of amides is 1. The zero-order valence-electron chi connectivity index (χ0n) is 12.5. The zero-order valence-corrected chi connectivity index (χ0v) is 14.9. The predicted octanol–water partition coefficient (Wildman–Crippen LogP) is 5.75. The molecule has 3 aromatic rings. The normalized spacial score (nSPS) is 11.0. The molecule has 0 atom stereocenters. The number of fused-ring (bicyclic) bond motifs is 1. The highest BCUT2D eigenvalue weighted by Crippen LogP contribution is 2.35. The van der Waals surface area contributed by atoms with Crippen molar-refractivity contribution >= 4 is 56.2 Å². The SMILES string of the molecule is COCc1c(C(=O)Nc2cc(Cl)ccc2Cl)sc2cccc(F)c12. The molecular weight excluding hydrogens is 372 g/mol. The van der Waals surface area contributed by atoms with Crippen molar-refractivity contribution in [1.29, 1.82) is 0 Å². The van der Waals surface area contributed by atoms with Gasteiger partial charge in [0.1, 0.15) is 5.82 Å². The molecule has 0 aliphatic rings. The molecule has 1 amide bonds. The van der Waals surface area contributed by atoms with Crippen LogP contribution in [0.4, 0.5) is 10.1 Å². The van der Waals surface area contributed by atoms with E-state index in [0.29, 0.717) is 36.3 Å². The van der Waals surface area contributed by atoms with E-state index < -0.39 is 0 Å². The number of carbonyl (C=O) groups is 1. The molecule has 1 aromatic heterocycles. The monoisotopic (exact) mass is 383 g/mol. The average molecular weight is 384 g/mol. The van der Waals surface area contributed by atoms with Crippen LogP contribution in [-0.2, 0) is 11.3 Å². The summed E-state index contributed by atoms with van der Waals surface area (Å²) in [7, 11) is 1.50. The van der Waals surface area contributed by atoms with E-state index >= 15 is 0 Å². The Morgan fingerprint density at radius 1 is 1.29 bits per heavy atom. The Morgan fingerprint density at radius 3 is 2.83 bits per heavy atom. The van der Waals surface area contributed by atoms with Crippen molar-refractivity contribution in [3.05, 3.63) is 62.7 Å². The quantitative estimate of drug-likeness (QED) is 0.622.